The largest absolute Gasteiger partial charge is 0.463 e. The van der Waals surface area contributed by atoms with E-state index in [-0.39, 0.29) is 18.7 Å². The summed E-state index contributed by atoms with van der Waals surface area (Å²) >= 11 is 0. The van der Waals surface area contributed by atoms with Crippen LogP contribution in [-0.2, 0) is 14.3 Å². The fourth-order valence-corrected chi connectivity index (χ4v) is 1.68. The highest BCUT2D eigenvalue weighted by Gasteiger charge is 2.63. The number of alkyl halides is 3. The summed E-state index contributed by atoms with van der Waals surface area (Å²) in [4.78, 5) is 23.4. The van der Waals surface area contributed by atoms with Crippen molar-refractivity contribution in [2.24, 2.45) is 0 Å². The molecule has 1 aromatic carbocycles. The first-order valence-corrected chi connectivity index (χ1v) is 6.75. The number of esters is 1. The molecule has 0 saturated heterocycles. The van der Waals surface area contributed by atoms with Crippen LogP contribution in [0.4, 0.5) is 23.2 Å². The van der Waals surface area contributed by atoms with E-state index in [0.29, 0.717) is 0 Å². The third-order valence-corrected chi connectivity index (χ3v) is 2.83. The number of nitrogens with one attached hydrogen (secondary N) is 2. The molecular weight excluding hydrogens is 320 g/mol. The van der Waals surface area contributed by atoms with Crippen LogP contribution < -0.4 is 10.6 Å². The monoisotopic (exact) mass is 336 g/mol. The molecule has 0 saturated carbocycles. The quantitative estimate of drug-likeness (QED) is 0.476. The zero-order valence-corrected chi connectivity index (χ0v) is 12.5. The molecule has 0 aliphatic rings. The molecule has 0 aliphatic carbocycles. The van der Waals surface area contributed by atoms with Crippen molar-refractivity contribution in [1.82, 2.24) is 5.32 Å². The second-order valence-corrected chi connectivity index (χ2v) is 4.50. The molecule has 0 aromatic heterocycles. The predicted molar refractivity (Wildman–Crippen MR) is 73.9 cm³/mol. The highest BCUT2D eigenvalue weighted by Crippen LogP contribution is 2.33. The Labute approximate surface area is 130 Å². The van der Waals surface area contributed by atoms with E-state index in [1.54, 1.807) is 5.32 Å². The van der Waals surface area contributed by atoms with Gasteiger partial charge in [0, 0.05) is 12.1 Å². The fourth-order valence-electron chi connectivity index (χ4n) is 1.68. The maximum atomic E-state index is 13.6. The molecule has 0 radical (unpaired) electrons. The third kappa shape index (κ3) is 4.33. The summed E-state index contributed by atoms with van der Waals surface area (Å²) < 4.78 is 58.0. The smallest absolute Gasteiger partial charge is 0.441 e. The van der Waals surface area contributed by atoms with Gasteiger partial charge in [0.25, 0.3) is 0 Å². The van der Waals surface area contributed by atoms with Crippen LogP contribution in [0.1, 0.15) is 20.3 Å². The Morgan fingerprint density at radius 2 is 1.70 bits per heavy atom. The number of anilines is 1. The van der Waals surface area contributed by atoms with Crippen LogP contribution in [-0.4, -0.2) is 30.3 Å². The van der Waals surface area contributed by atoms with E-state index in [1.165, 1.54) is 13.8 Å². The first-order chi connectivity index (χ1) is 10.7. The van der Waals surface area contributed by atoms with Crippen molar-refractivity contribution in [3.05, 3.63) is 30.1 Å². The van der Waals surface area contributed by atoms with Crippen molar-refractivity contribution in [3.8, 4) is 0 Å². The van der Waals surface area contributed by atoms with Crippen molar-refractivity contribution >= 4 is 17.6 Å². The van der Waals surface area contributed by atoms with Crippen molar-refractivity contribution < 1.29 is 31.9 Å². The lowest BCUT2D eigenvalue weighted by Crippen LogP contribution is -2.69. The fraction of sp³-hybridized carbons (Fsp3) is 0.429. The molecule has 0 bridgehead atoms. The zero-order chi connectivity index (χ0) is 17.7. The molecule has 0 fully saturated rings. The number of hydrogen-bond acceptors (Lipinski definition) is 4. The van der Waals surface area contributed by atoms with Gasteiger partial charge in [-0.05, 0) is 31.2 Å². The summed E-state index contributed by atoms with van der Waals surface area (Å²) in [6.07, 6.45) is -5.47. The molecule has 1 aromatic rings. The van der Waals surface area contributed by atoms with E-state index in [4.69, 9.17) is 0 Å². The van der Waals surface area contributed by atoms with E-state index >= 15 is 0 Å². The molecule has 0 spiro atoms. The van der Waals surface area contributed by atoms with Gasteiger partial charge in [-0.3, -0.25) is 4.79 Å². The number of halogens is 4. The molecule has 128 valence electrons. The van der Waals surface area contributed by atoms with Gasteiger partial charge in [0.2, 0.25) is 5.91 Å². The topological polar surface area (TPSA) is 67.4 Å². The molecule has 1 atom stereocenters. The van der Waals surface area contributed by atoms with Gasteiger partial charge in [0.15, 0.2) is 0 Å². The minimum Gasteiger partial charge on any atom is -0.463 e. The lowest BCUT2D eigenvalue weighted by molar-refractivity contribution is -0.207. The number of carbonyl (C=O) groups is 2. The van der Waals surface area contributed by atoms with Crippen molar-refractivity contribution in [1.29, 1.82) is 0 Å². The second-order valence-electron chi connectivity index (χ2n) is 4.50. The lowest BCUT2D eigenvalue weighted by Gasteiger charge is -2.35. The van der Waals surface area contributed by atoms with E-state index in [2.05, 4.69) is 4.74 Å². The summed E-state index contributed by atoms with van der Waals surface area (Å²) in [5.41, 5.74) is -3.68. The maximum Gasteiger partial charge on any atom is 0.441 e. The van der Waals surface area contributed by atoms with Crippen molar-refractivity contribution in [3.63, 3.8) is 0 Å². The molecule has 2 N–H and O–H groups in total. The highest BCUT2D eigenvalue weighted by molar-refractivity contribution is 5.91. The zero-order valence-electron chi connectivity index (χ0n) is 12.5. The Bertz CT molecular complexity index is 560. The van der Waals surface area contributed by atoms with Gasteiger partial charge >= 0.3 is 17.8 Å². The van der Waals surface area contributed by atoms with Gasteiger partial charge in [0.1, 0.15) is 5.82 Å². The van der Waals surface area contributed by atoms with Crippen LogP contribution in [0.2, 0.25) is 0 Å². The van der Waals surface area contributed by atoms with Gasteiger partial charge in [-0.2, -0.15) is 13.2 Å². The molecule has 0 unspecified atom stereocenters. The van der Waals surface area contributed by atoms with Gasteiger partial charge in [0.05, 0.1) is 6.61 Å². The van der Waals surface area contributed by atoms with Crippen LogP contribution in [0.15, 0.2) is 24.3 Å². The van der Waals surface area contributed by atoms with E-state index in [9.17, 15) is 27.2 Å². The third-order valence-electron chi connectivity index (χ3n) is 2.83. The Kier molecular flexibility index (Phi) is 5.94. The summed E-state index contributed by atoms with van der Waals surface area (Å²) in [7, 11) is 0. The summed E-state index contributed by atoms with van der Waals surface area (Å²) in [6, 6.07) is 3.84. The molecule has 0 heterocycles. The second kappa shape index (κ2) is 7.30. The average Bonchev–Trinajstić information content (AvgIpc) is 2.47. The number of amides is 1. The van der Waals surface area contributed by atoms with Crippen LogP contribution in [0, 0.1) is 5.82 Å². The molecule has 0 aliphatic heterocycles. The van der Waals surface area contributed by atoms with Gasteiger partial charge in [-0.15, -0.1) is 0 Å². The molecule has 5 nitrogen and oxygen atoms in total. The number of benzene rings is 1. The standard InChI is InChI=1S/C14H16F4N2O3/c1-3-11(21)20-13(14(16,17)18,12(22)23-4-2)19-10-7-5-9(15)6-8-10/h5-8,19H,3-4H2,1-2H3,(H,20,21)/t13-/m0/s1. The first-order valence-electron chi connectivity index (χ1n) is 6.75. The van der Waals surface area contributed by atoms with Gasteiger partial charge in [-0.25, -0.2) is 9.18 Å². The molecule has 1 rings (SSSR count). The van der Waals surface area contributed by atoms with Crippen molar-refractivity contribution in [2.45, 2.75) is 32.1 Å². The van der Waals surface area contributed by atoms with E-state index in [1.807, 2.05) is 5.32 Å². The van der Waals surface area contributed by atoms with Gasteiger partial charge < -0.3 is 15.4 Å². The summed E-state index contributed by atoms with van der Waals surface area (Å²) in [5, 5.41) is 3.54. The highest BCUT2D eigenvalue weighted by atomic mass is 19.4. The van der Waals surface area contributed by atoms with Gasteiger partial charge in [-0.1, -0.05) is 6.92 Å². The van der Waals surface area contributed by atoms with Crippen LogP contribution in [0.3, 0.4) is 0 Å². The van der Waals surface area contributed by atoms with E-state index < -0.39 is 29.5 Å². The maximum absolute atomic E-state index is 13.6. The van der Waals surface area contributed by atoms with Crippen LogP contribution in [0.5, 0.6) is 0 Å². The summed E-state index contributed by atoms with van der Waals surface area (Å²) in [6.45, 7) is 2.35. The Balaban J connectivity index is 3.32. The lowest BCUT2D eigenvalue weighted by atomic mass is 10.1. The minimum absolute atomic E-state index is 0.215. The van der Waals surface area contributed by atoms with Crippen molar-refractivity contribution in [2.75, 3.05) is 11.9 Å². The SMILES string of the molecule is CCOC(=O)[C@@](NC(=O)CC)(Nc1ccc(F)cc1)C(F)(F)F. The molecule has 9 heteroatoms. The Morgan fingerprint density at radius 1 is 1.13 bits per heavy atom. The average molecular weight is 336 g/mol. The van der Waals surface area contributed by atoms with Crippen LogP contribution in [0.25, 0.3) is 0 Å². The molecule has 23 heavy (non-hydrogen) atoms. The predicted octanol–water partition coefficient (Wildman–Crippen LogP) is 2.59. The number of rotatable bonds is 6. The first kappa shape index (κ1) is 18.7. The normalized spacial score (nSPS) is 13.8. The Hall–Kier alpha value is -2.32. The summed E-state index contributed by atoms with van der Waals surface area (Å²) in [5.74, 6) is -3.38. The van der Waals surface area contributed by atoms with Crippen LogP contribution >= 0.6 is 0 Å². The Morgan fingerprint density at radius 3 is 2.13 bits per heavy atom. The number of ether oxygens (including phenoxy) is 1. The minimum atomic E-state index is -5.20. The number of carbonyl (C=O) groups excluding carboxylic acids is 2. The molecular formula is C14H16F4N2O3. The molecule has 1 amide bonds. The number of hydrogen-bond donors (Lipinski definition) is 2. The van der Waals surface area contributed by atoms with E-state index in [0.717, 1.165) is 24.3 Å².